The molecule has 0 atom stereocenters. The minimum absolute atomic E-state index is 0.164. The zero-order valence-electron chi connectivity index (χ0n) is 9.67. The molecule has 96 valence electrons. The molecule has 0 amide bonds. The first-order valence-corrected chi connectivity index (χ1v) is 4.91. The third-order valence-electron chi connectivity index (χ3n) is 1.32. The molecule has 0 aromatic heterocycles. The summed E-state index contributed by atoms with van der Waals surface area (Å²) in [5.74, 6) is -0.741. The van der Waals surface area contributed by atoms with Gasteiger partial charge in [0.2, 0.25) is 0 Å². The topological polar surface area (TPSA) is 35.5 Å². The minimum atomic E-state index is -4.72. The number of carbonyl (C=O) groups excluding carboxylic acids is 1. The van der Waals surface area contributed by atoms with Gasteiger partial charge >= 0.3 is 12.3 Å². The number of halogens is 3. The predicted octanol–water partition coefficient (Wildman–Crippen LogP) is 3.54. The minimum Gasteiger partial charge on any atom is -0.427 e. The molecular formula is C11H13F3O3. The van der Waals surface area contributed by atoms with Gasteiger partial charge in [-0.1, -0.05) is 13.8 Å². The standard InChI is InChI=1S/C9H7F3O3.C2H6/c1-6(13)14-7-2-4-8(5-3-7)15-9(10,11)12;1-2/h2-5H,1H3;1-2H3. The van der Waals surface area contributed by atoms with E-state index in [1.807, 2.05) is 13.8 Å². The van der Waals surface area contributed by atoms with E-state index in [1.54, 1.807) is 0 Å². The predicted molar refractivity (Wildman–Crippen MR) is 55.8 cm³/mol. The Morgan fingerprint density at radius 2 is 1.47 bits per heavy atom. The Labute approximate surface area is 97.1 Å². The molecule has 6 heteroatoms. The number of esters is 1. The van der Waals surface area contributed by atoms with Crippen LogP contribution in [0.2, 0.25) is 0 Å². The third kappa shape index (κ3) is 7.21. The van der Waals surface area contributed by atoms with Crippen molar-refractivity contribution in [1.29, 1.82) is 0 Å². The maximum atomic E-state index is 11.7. The highest BCUT2D eigenvalue weighted by atomic mass is 19.4. The average Bonchev–Trinajstić information content (AvgIpc) is 2.21. The summed E-state index contributed by atoms with van der Waals surface area (Å²) in [6.45, 7) is 5.19. The lowest BCUT2D eigenvalue weighted by Gasteiger charge is -2.08. The monoisotopic (exact) mass is 250 g/mol. The Hall–Kier alpha value is -1.72. The normalized spacial score (nSPS) is 10.0. The molecule has 3 nitrogen and oxygen atoms in total. The van der Waals surface area contributed by atoms with Gasteiger partial charge in [-0.2, -0.15) is 0 Å². The smallest absolute Gasteiger partial charge is 0.427 e. The second kappa shape index (κ2) is 6.78. The van der Waals surface area contributed by atoms with Crippen molar-refractivity contribution in [3.63, 3.8) is 0 Å². The van der Waals surface area contributed by atoms with E-state index in [0.717, 1.165) is 12.1 Å². The second-order valence-corrected chi connectivity index (χ2v) is 2.61. The summed E-state index contributed by atoms with van der Waals surface area (Å²) in [6.07, 6.45) is -4.72. The molecule has 0 N–H and O–H groups in total. The van der Waals surface area contributed by atoms with Crippen molar-refractivity contribution < 1.29 is 27.4 Å². The summed E-state index contributed by atoms with van der Waals surface area (Å²) < 4.78 is 43.5. The Bertz CT molecular complexity index is 344. The van der Waals surface area contributed by atoms with Crippen LogP contribution in [-0.2, 0) is 4.79 Å². The van der Waals surface area contributed by atoms with Gasteiger partial charge in [0.1, 0.15) is 11.5 Å². The second-order valence-electron chi connectivity index (χ2n) is 2.61. The summed E-state index contributed by atoms with van der Waals surface area (Å²) in [7, 11) is 0. The third-order valence-corrected chi connectivity index (χ3v) is 1.32. The lowest BCUT2D eigenvalue weighted by Crippen LogP contribution is -2.17. The van der Waals surface area contributed by atoms with Crippen molar-refractivity contribution in [1.82, 2.24) is 0 Å². The van der Waals surface area contributed by atoms with Crippen LogP contribution in [0.5, 0.6) is 11.5 Å². The highest BCUT2D eigenvalue weighted by Gasteiger charge is 2.30. The first-order chi connectivity index (χ1) is 7.87. The molecule has 0 heterocycles. The van der Waals surface area contributed by atoms with Crippen LogP contribution in [-0.4, -0.2) is 12.3 Å². The molecule has 0 aliphatic heterocycles. The van der Waals surface area contributed by atoms with Gasteiger partial charge in [0.25, 0.3) is 0 Å². The van der Waals surface area contributed by atoms with Crippen LogP contribution in [0, 0.1) is 0 Å². The van der Waals surface area contributed by atoms with Gasteiger partial charge in [-0.25, -0.2) is 0 Å². The van der Waals surface area contributed by atoms with Crippen LogP contribution in [0.4, 0.5) is 13.2 Å². The lowest BCUT2D eigenvalue weighted by molar-refractivity contribution is -0.274. The zero-order chi connectivity index (χ0) is 13.5. The van der Waals surface area contributed by atoms with Crippen LogP contribution in [0.1, 0.15) is 20.8 Å². The van der Waals surface area contributed by atoms with Gasteiger partial charge < -0.3 is 9.47 Å². The molecule has 1 rings (SSSR count). The number of alkyl halides is 3. The highest BCUT2D eigenvalue weighted by molar-refractivity contribution is 5.69. The fourth-order valence-corrected chi connectivity index (χ4v) is 0.875. The van der Waals surface area contributed by atoms with Crippen molar-refractivity contribution >= 4 is 5.97 Å². The number of carbonyl (C=O) groups is 1. The molecule has 0 saturated carbocycles. The van der Waals surface area contributed by atoms with Crippen LogP contribution < -0.4 is 9.47 Å². The van der Waals surface area contributed by atoms with Crippen molar-refractivity contribution in [3.05, 3.63) is 24.3 Å². The van der Waals surface area contributed by atoms with Crippen molar-refractivity contribution in [2.24, 2.45) is 0 Å². The van der Waals surface area contributed by atoms with E-state index < -0.39 is 12.3 Å². The zero-order valence-corrected chi connectivity index (χ0v) is 9.67. The summed E-state index contributed by atoms with van der Waals surface area (Å²) in [4.78, 5) is 10.5. The molecule has 0 saturated heterocycles. The average molecular weight is 250 g/mol. The molecule has 0 radical (unpaired) electrons. The molecule has 1 aromatic carbocycles. The Morgan fingerprint density at radius 3 is 1.82 bits per heavy atom. The van der Waals surface area contributed by atoms with E-state index in [9.17, 15) is 18.0 Å². The summed E-state index contributed by atoms with van der Waals surface area (Å²) in [5, 5.41) is 0. The molecule has 0 fully saturated rings. The summed E-state index contributed by atoms with van der Waals surface area (Å²) in [5.41, 5.74) is 0. The van der Waals surface area contributed by atoms with Crippen molar-refractivity contribution in [2.75, 3.05) is 0 Å². The van der Waals surface area contributed by atoms with E-state index in [-0.39, 0.29) is 11.5 Å². The van der Waals surface area contributed by atoms with Crippen LogP contribution in [0.15, 0.2) is 24.3 Å². The van der Waals surface area contributed by atoms with Crippen LogP contribution in [0.3, 0.4) is 0 Å². The molecule has 0 bridgehead atoms. The van der Waals surface area contributed by atoms with Crippen LogP contribution in [0.25, 0.3) is 0 Å². The molecule has 0 spiro atoms. The number of benzene rings is 1. The van der Waals surface area contributed by atoms with Gasteiger partial charge in [0, 0.05) is 6.92 Å². The van der Waals surface area contributed by atoms with Crippen molar-refractivity contribution in [3.8, 4) is 11.5 Å². The lowest BCUT2D eigenvalue weighted by atomic mass is 10.3. The van der Waals surface area contributed by atoms with E-state index >= 15 is 0 Å². The van der Waals surface area contributed by atoms with E-state index in [4.69, 9.17) is 0 Å². The van der Waals surface area contributed by atoms with E-state index in [2.05, 4.69) is 9.47 Å². The molecule has 0 unspecified atom stereocenters. The largest absolute Gasteiger partial charge is 0.573 e. The van der Waals surface area contributed by atoms with Gasteiger partial charge in [0.05, 0.1) is 0 Å². The van der Waals surface area contributed by atoms with Gasteiger partial charge in [-0.05, 0) is 24.3 Å². The van der Waals surface area contributed by atoms with Gasteiger partial charge in [-0.3, -0.25) is 4.79 Å². The van der Waals surface area contributed by atoms with Crippen LogP contribution >= 0.6 is 0 Å². The quantitative estimate of drug-likeness (QED) is 0.595. The van der Waals surface area contributed by atoms with E-state index in [1.165, 1.54) is 19.1 Å². The summed E-state index contributed by atoms with van der Waals surface area (Å²) in [6, 6.07) is 4.54. The first-order valence-electron chi connectivity index (χ1n) is 4.91. The fraction of sp³-hybridized carbons (Fsp3) is 0.364. The molecule has 17 heavy (non-hydrogen) atoms. The maximum absolute atomic E-state index is 11.7. The van der Waals surface area contributed by atoms with Gasteiger partial charge in [-0.15, -0.1) is 13.2 Å². The van der Waals surface area contributed by atoms with Crippen molar-refractivity contribution in [2.45, 2.75) is 27.1 Å². The Balaban J connectivity index is 0.00000121. The molecule has 1 aromatic rings. The van der Waals surface area contributed by atoms with Gasteiger partial charge in [0.15, 0.2) is 0 Å². The number of rotatable bonds is 2. The molecule has 0 aliphatic carbocycles. The number of hydrogen-bond donors (Lipinski definition) is 0. The molecule has 0 aliphatic rings. The number of ether oxygens (including phenoxy) is 2. The Kier molecular flexibility index (Phi) is 6.09. The Morgan fingerprint density at radius 1 is 1.06 bits per heavy atom. The highest BCUT2D eigenvalue weighted by Crippen LogP contribution is 2.24. The SMILES string of the molecule is CC.CC(=O)Oc1ccc(OC(F)(F)F)cc1. The number of hydrogen-bond acceptors (Lipinski definition) is 3. The fourth-order valence-electron chi connectivity index (χ4n) is 0.875. The van der Waals surface area contributed by atoms with E-state index in [0.29, 0.717) is 0 Å². The maximum Gasteiger partial charge on any atom is 0.573 e. The summed E-state index contributed by atoms with van der Waals surface area (Å²) >= 11 is 0. The first kappa shape index (κ1) is 15.3. The molecular weight excluding hydrogens is 237 g/mol.